The average molecular weight is 374 g/mol. The van der Waals surface area contributed by atoms with Gasteiger partial charge in [0.15, 0.2) is 0 Å². The van der Waals surface area contributed by atoms with Crippen LogP contribution in [0.3, 0.4) is 0 Å². The van der Waals surface area contributed by atoms with Crippen molar-refractivity contribution in [1.29, 1.82) is 0 Å². The van der Waals surface area contributed by atoms with Gasteiger partial charge in [-0.25, -0.2) is 13.2 Å². The van der Waals surface area contributed by atoms with Gasteiger partial charge in [-0.2, -0.15) is 4.31 Å². The van der Waals surface area contributed by atoms with E-state index in [1.54, 1.807) is 12.1 Å². The van der Waals surface area contributed by atoms with Crippen LogP contribution in [0.25, 0.3) is 0 Å². The third kappa shape index (κ3) is 2.98. The van der Waals surface area contributed by atoms with Gasteiger partial charge in [-0.05, 0) is 32.9 Å². The molecule has 1 amide bonds. The van der Waals surface area contributed by atoms with Crippen molar-refractivity contribution in [1.82, 2.24) is 4.31 Å². The predicted molar refractivity (Wildman–Crippen MR) is 82.6 cm³/mol. The molecule has 1 aromatic carbocycles. The lowest BCUT2D eigenvalue weighted by molar-refractivity contribution is 0.170. The second-order valence-electron chi connectivity index (χ2n) is 5.05. The number of nitrogens with zero attached hydrogens (tertiary/aromatic N) is 1. The molecule has 21 heavy (non-hydrogen) atoms. The summed E-state index contributed by atoms with van der Waals surface area (Å²) in [5.74, 6) is 0. The number of hydrogen-bond acceptors (Lipinski definition) is 4. The van der Waals surface area contributed by atoms with Gasteiger partial charge in [0.1, 0.15) is 12.6 Å². The van der Waals surface area contributed by atoms with Crippen molar-refractivity contribution in [2.24, 2.45) is 0 Å². The van der Waals surface area contributed by atoms with Crippen molar-refractivity contribution in [3.05, 3.63) is 39.9 Å². The van der Waals surface area contributed by atoms with Gasteiger partial charge in [-0.1, -0.05) is 39.2 Å². The second-order valence-corrected chi connectivity index (χ2v) is 7.72. The van der Waals surface area contributed by atoms with E-state index >= 15 is 0 Å². The monoisotopic (exact) mass is 373 g/mol. The summed E-state index contributed by atoms with van der Waals surface area (Å²) in [6.07, 6.45) is -0.848. The van der Waals surface area contributed by atoms with Crippen molar-refractivity contribution in [3.8, 4) is 0 Å². The van der Waals surface area contributed by atoms with E-state index in [9.17, 15) is 13.2 Å². The molecule has 1 aliphatic rings. The van der Waals surface area contributed by atoms with Gasteiger partial charge in [0.25, 0.3) is 10.0 Å². The van der Waals surface area contributed by atoms with E-state index in [4.69, 9.17) is 4.74 Å². The molecular formula is C14H16BrNO4S. The van der Waals surface area contributed by atoms with Crippen LogP contribution in [0.4, 0.5) is 4.79 Å². The van der Waals surface area contributed by atoms with Gasteiger partial charge in [0.05, 0.1) is 4.90 Å². The van der Waals surface area contributed by atoms with Gasteiger partial charge in [-0.15, -0.1) is 0 Å². The van der Waals surface area contributed by atoms with Crippen LogP contribution in [0.15, 0.2) is 39.2 Å². The van der Waals surface area contributed by atoms with Crippen LogP contribution in [0, 0.1) is 6.92 Å². The van der Waals surface area contributed by atoms with Crippen LogP contribution < -0.4 is 0 Å². The van der Waals surface area contributed by atoms with Crippen molar-refractivity contribution in [2.45, 2.75) is 31.7 Å². The Hall–Kier alpha value is -1.34. The van der Waals surface area contributed by atoms with Crippen LogP contribution in [-0.4, -0.2) is 31.5 Å². The fourth-order valence-corrected chi connectivity index (χ4v) is 3.94. The highest BCUT2D eigenvalue weighted by Crippen LogP contribution is 2.31. The molecule has 0 saturated carbocycles. The van der Waals surface area contributed by atoms with Crippen LogP contribution in [0.5, 0.6) is 0 Å². The number of aryl methyl sites for hydroxylation is 1. The second kappa shape index (κ2) is 5.81. The number of halogens is 1. The number of benzene rings is 1. The van der Waals surface area contributed by atoms with Crippen molar-refractivity contribution in [2.75, 3.05) is 6.61 Å². The first-order valence-electron chi connectivity index (χ1n) is 6.36. The number of cyclic esters (lactones) is 1. The molecule has 5 nitrogen and oxygen atoms in total. The SMILES string of the molecule is CC(C)=C(Br)C1COC(=O)N1S(=O)(=O)c1ccc(C)cc1. The number of carbonyl (C=O) groups excluding carboxylic acids is 1. The predicted octanol–water partition coefficient (Wildman–Crippen LogP) is 3.19. The molecule has 1 aromatic rings. The molecule has 0 aliphatic carbocycles. The van der Waals surface area contributed by atoms with Crippen LogP contribution in [-0.2, 0) is 14.8 Å². The largest absolute Gasteiger partial charge is 0.446 e. The Kier molecular flexibility index (Phi) is 4.43. The number of rotatable bonds is 3. The topological polar surface area (TPSA) is 63.7 Å². The molecule has 1 heterocycles. The summed E-state index contributed by atoms with van der Waals surface area (Å²) in [5, 5.41) is 0. The fourth-order valence-electron chi connectivity index (χ4n) is 2.01. The van der Waals surface area contributed by atoms with Crippen LogP contribution in [0.1, 0.15) is 19.4 Å². The van der Waals surface area contributed by atoms with E-state index in [1.807, 2.05) is 20.8 Å². The molecule has 1 fully saturated rings. The molecule has 114 valence electrons. The number of amides is 1. The van der Waals surface area contributed by atoms with E-state index < -0.39 is 22.2 Å². The molecule has 0 N–H and O–H groups in total. The third-order valence-electron chi connectivity index (χ3n) is 3.18. The summed E-state index contributed by atoms with van der Waals surface area (Å²) < 4.78 is 31.7. The minimum atomic E-state index is -3.94. The summed E-state index contributed by atoms with van der Waals surface area (Å²) in [6.45, 7) is 5.55. The lowest BCUT2D eigenvalue weighted by atomic mass is 10.2. The molecule has 0 spiro atoms. The maximum Gasteiger partial charge on any atom is 0.424 e. The smallest absolute Gasteiger partial charge is 0.424 e. The third-order valence-corrected chi connectivity index (χ3v) is 6.29. The molecule has 2 rings (SSSR count). The first-order chi connectivity index (χ1) is 9.75. The van der Waals surface area contributed by atoms with Gasteiger partial charge >= 0.3 is 6.09 Å². The zero-order chi connectivity index (χ0) is 15.8. The van der Waals surface area contributed by atoms with E-state index in [1.165, 1.54) is 12.1 Å². The molecule has 1 aliphatic heterocycles. The molecule has 1 unspecified atom stereocenters. The molecule has 0 aromatic heterocycles. The van der Waals surface area contributed by atoms with E-state index in [0.717, 1.165) is 15.4 Å². The number of allylic oxidation sites excluding steroid dienone is 1. The Morgan fingerprint density at radius 2 is 1.86 bits per heavy atom. The summed E-state index contributed by atoms with van der Waals surface area (Å²) in [6, 6.07) is 5.71. The Bertz CT molecular complexity index is 690. The molecule has 7 heteroatoms. The zero-order valence-corrected chi connectivity index (χ0v) is 14.4. The number of carbonyl (C=O) groups is 1. The van der Waals surface area contributed by atoms with Gasteiger partial charge in [-0.3, -0.25) is 0 Å². The minimum Gasteiger partial charge on any atom is -0.446 e. The Morgan fingerprint density at radius 1 is 1.29 bits per heavy atom. The molecule has 0 radical (unpaired) electrons. The summed E-state index contributed by atoms with van der Waals surface area (Å²) in [5.41, 5.74) is 1.84. The van der Waals surface area contributed by atoms with Gasteiger partial charge in [0, 0.05) is 4.48 Å². The molecule has 0 bridgehead atoms. The van der Waals surface area contributed by atoms with Crippen LogP contribution in [0.2, 0.25) is 0 Å². The van der Waals surface area contributed by atoms with Crippen molar-refractivity contribution in [3.63, 3.8) is 0 Å². The number of ether oxygens (including phenoxy) is 1. The highest BCUT2D eigenvalue weighted by atomic mass is 79.9. The average Bonchev–Trinajstić information content (AvgIpc) is 2.80. The molecular weight excluding hydrogens is 358 g/mol. The summed E-state index contributed by atoms with van der Waals surface area (Å²) >= 11 is 3.35. The van der Waals surface area contributed by atoms with Gasteiger partial charge < -0.3 is 4.74 Å². The molecule has 1 saturated heterocycles. The minimum absolute atomic E-state index is 0.00961. The normalized spacial score (nSPS) is 18.6. The lowest BCUT2D eigenvalue weighted by Crippen LogP contribution is -2.39. The number of sulfonamides is 1. The van der Waals surface area contributed by atoms with E-state index in [-0.39, 0.29) is 11.5 Å². The Labute approximate surface area is 132 Å². The standard InChI is InChI=1S/C14H16BrNO4S/c1-9(2)13(15)12-8-20-14(17)16(12)21(18,19)11-6-4-10(3)5-7-11/h4-7,12H,8H2,1-3H3. The van der Waals surface area contributed by atoms with Gasteiger partial charge in [0.2, 0.25) is 0 Å². The van der Waals surface area contributed by atoms with Crippen molar-refractivity contribution >= 4 is 32.0 Å². The Morgan fingerprint density at radius 3 is 2.38 bits per heavy atom. The van der Waals surface area contributed by atoms with E-state index in [2.05, 4.69) is 15.9 Å². The highest BCUT2D eigenvalue weighted by molar-refractivity contribution is 9.11. The molecule has 1 atom stereocenters. The zero-order valence-electron chi connectivity index (χ0n) is 12.0. The van der Waals surface area contributed by atoms with Crippen LogP contribution >= 0.6 is 15.9 Å². The van der Waals surface area contributed by atoms with Crippen molar-refractivity contribution < 1.29 is 17.9 Å². The van der Waals surface area contributed by atoms with E-state index in [0.29, 0.717) is 4.48 Å². The first-order valence-corrected chi connectivity index (χ1v) is 8.59. The summed E-state index contributed by atoms with van der Waals surface area (Å²) in [4.78, 5) is 12.0. The lowest BCUT2D eigenvalue weighted by Gasteiger charge is -2.21. The quantitative estimate of drug-likeness (QED) is 0.815. The Balaban J connectivity index is 2.48. The maximum absolute atomic E-state index is 12.7. The highest BCUT2D eigenvalue weighted by Gasteiger charge is 2.44. The fraction of sp³-hybridized carbons (Fsp3) is 0.357. The first kappa shape index (κ1) is 16.0. The summed E-state index contributed by atoms with van der Waals surface area (Å²) in [7, 11) is -3.94. The number of hydrogen-bond donors (Lipinski definition) is 0. The maximum atomic E-state index is 12.7.